The minimum atomic E-state index is 0.684. The van der Waals surface area contributed by atoms with Crippen LogP contribution in [0.3, 0.4) is 0 Å². The predicted molar refractivity (Wildman–Crippen MR) is 47.5 cm³/mol. The van der Waals surface area contributed by atoms with Gasteiger partial charge in [0.1, 0.15) is 0 Å². The summed E-state index contributed by atoms with van der Waals surface area (Å²) in [5.41, 5.74) is 2.31. The summed E-state index contributed by atoms with van der Waals surface area (Å²) in [6.45, 7) is 4.62. The molecule has 0 saturated heterocycles. The molecule has 60 valence electrons. The summed E-state index contributed by atoms with van der Waals surface area (Å²) in [5.74, 6) is 0. The summed E-state index contributed by atoms with van der Waals surface area (Å²) >= 11 is 0. The van der Waals surface area contributed by atoms with Crippen LogP contribution in [0.15, 0.2) is 36.0 Å². The van der Waals surface area contributed by atoms with Crippen molar-refractivity contribution < 1.29 is 4.74 Å². The minimum absolute atomic E-state index is 0.684. The second-order valence-electron chi connectivity index (χ2n) is 2.67. The SMILES string of the molecule is C=C1C=CCCC=C1COC. The fraction of sp³-hybridized carbons (Fsp3) is 0.400. The maximum absolute atomic E-state index is 5.04. The monoisotopic (exact) mass is 150 g/mol. The van der Waals surface area contributed by atoms with Gasteiger partial charge in [0.2, 0.25) is 0 Å². The molecule has 0 aliphatic heterocycles. The Morgan fingerprint density at radius 2 is 2.36 bits per heavy atom. The lowest BCUT2D eigenvalue weighted by atomic mass is 10.1. The molecule has 0 bridgehead atoms. The Bertz CT molecular complexity index is 199. The molecule has 0 radical (unpaired) electrons. The second-order valence-corrected chi connectivity index (χ2v) is 2.67. The molecular formula is C10H14O. The van der Waals surface area contributed by atoms with Crippen molar-refractivity contribution in [2.24, 2.45) is 0 Å². The lowest BCUT2D eigenvalue weighted by molar-refractivity contribution is 0.227. The first-order valence-electron chi connectivity index (χ1n) is 3.88. The summed E-state index contributed by atoms with van der Waals surface area (Å²) in [5, 5.41) is 0. The van der Waals surface area contributed by atoms with E-state index in [2.05, 4.69) is 24.8 Å². The molecule has 11 heavy (non-hydrogen) atoms. The predicted octanol–water partition coefficient (Wildman–Crippen LogP) is 2.47. The van der Waals surface area contributed by atoms with E-state index in [0.717, 1.165) is 18.4 Å². The average molecular weight is 150 g/mol. The van der Waals surface area contributed by atoms with E-state index >= 15 is 0 Å². The van der Waals surface area contributed by atoms with E-state index in [1.807, 2.05) is 0 Å². The smallest absolute Gasteiger partial charge is 0.0715 e. The molecule has 0 fully saturated rings. The fourth-order valence-electron chi connectivity index (χ4n) is 1.12. The normalized spacial score (nSPS) is 17.9. The molecule has 0 N–H and O–H groups in total. The molecule has 0 amide bonds. The van der Waals surface area contributed by atoms with Gasteiger partial charge in [0, 0.05) is 7.11 Å². The molecule has 0 aromatic heterocycles. The van der Waals surface area contributed by atoms with Crippen LogP contribution < -0.4 is 0 Å². The zero-order valence-electron chi connectivity index (χ0n) is 6.97. The molecule has 1 heteroatoms. The highest BCUT2D eigenvalue weighted by Crippen LogP contribution is 2.15. The summed E-state index contributed by atoms with van der Waals surface area (Å²) in [4.78, 5) is 0. The molecule has 0 aromatic rings. The molecule has 1 aliphatic rings. The lowest BCUT2D eigenvalue weighted by Crippen LogP contribution is -1.94. The van der Waals surface area contributed by atoms with Crippen LogP contribution in [0.5, 0.6) is 0 Å². The largest absolute Gasteiger partial charge is 0.380 e. The molecule has 0 atom stereocenters. The quantitative estimate of drug-likeness (QED) is 0.587. The summed E-state index contributed by atoms with van der Waals surface area (Å²) in [6.07, 6.45) is 8.64. The van der Waals surface area contributed by atoms with E-state index < -0.39 is 0 Å². The van der Waals surface area contributed by atoms with Crippen molar-refractivity contribution in [3.8, 4) is 0 Å². The number of ether oxygens (including phenoxy) is 1. The maximum atomic E-state index is 5.04. The van der Waals surface area contributed by atoms with E-state index in [4.69, 9.17) is 4.74 Å². The highest BCUT2D eigenvalue weighted by atomic mass is 16.5. The van der Waals surface area contributed by atoms with Gasteiger partial charge >= 0.3 is 0 Å². The van der Waals surface area contributed by atoms with Gasteiger partial charge in [-0.2, -0.15) is 0 Å². The third-order valence-electron chi connectivity index (χ3n) is 1.76. The highest BCUT2D eigenvalue weighted by Gasteiger charge is 2.00. The van der Waals surface area contributed by atoms with Crippen LogP contribution in [0.2, 0.25) is 0 Å². The topological polar surface area (TPSA) is 9.23 Å². The Balaban J connectivity index is 2.65. The van der Waals surface area contributed by atoms with Gasteiger partial charge < -0.3 is 4.74 Å². The first-order valence-corrected chi connectivity index (χ1v) is 3.88. The van der Waals surface area contributed by atoms with Crippen LogP contribution in [0.25, 0.3) is 0 Å². The zero-order chi connectivity index (χ0) is 8.10. The summed E-state index contributed by atoms with van der Waals surface area (Å²) in [7, 11) is 1.71. The molecule has 1 nitrogen and oxygen atoms in total. The highest BCUT2D eigenvalue weighted by molar-refractivity contribution is 5.39. The standard InChI is InChI=1S/C10H14O/c1-9-6-4-3-5-7-10(9)8-11-2/h4,6-7H,1,3,5,8H2,2H3. The number of hydrogen-bond acceptors (Lipinski definition) is 1. The van der Waals surface area contributed by atoms with E-state index in [1.54, 1.807) is 7.11 Å². The van der Waals surface area contributed by atoms with Crippen LogP contribution in [-0.2, 0) is 4.74 Å². The van der Waals surface area contributed by atoms with Crippen molar-refractivity contribution in [2.75, 3.05) is 13.7 Å². The Morgan fingerprint density at radius 3 is 3.09 bits per heavy atom. The van der Waals surface area contributed by atoms with Gasteiger partial charge in [0.05, 0.1) is 6.61 Å². The van der Waals surface area contributed by atoms with Gasteiger partial charge in [-0.3, -0.25) is 0 Å². The molecule has 1 rings (SSSR count). The lowest BCUT2D eigenvalue weighted by Gasteiger charge is -2.03. The van der Waals surface area contributed by atoms with Crippen molar-refractivity contribution >= 4 is 0 Å². The van der Waals surface area contributed by atoms with Crippen molar-refractivity contribution in [1.82, 2.24) is 0 Å². The van der Waals surface area contributed by atoms with Crippen LogP contribution >= 0.6 is 0 Å². The van der Waals surface area contributed by atoms with Crippen molar-refractivity contribution in [3.63, 3.8) is 0 Å². The van der Waals surface area contributed by atoms with Gasteiger partial charge in [0.15, 0.2) is 0 Å². The number of rotatable bonds is 2. The molecular weight excluding hydrogens is 136 g/mol. The Hall–Kier alpha value is -0.820. The van der Waals surface area contributed by atoms with E-state index in [-0.39, 0.29) is 0 Å². The van der Waals surface area contributed by atoms with Gasteiger partial charge in [-0.15, -0.1) is 0 Å². The summed E-state index contributed by atoms with van der Waals surface area (Å²) in [6, 6.07) is 0. The fourth-order valence-corrected chi connectivity index (χ4v) is 1.12. The van der Waals surface area contributed by atoms with Gasteiger partial charge in [-0.05, 0) is 24.0 Å². The van der Waals surface area contributed by atoms with Crippen LogP contribution in [0, 0.1) is 0 Å². The third-order valence-corrected chi connectivity index (χ3v) is 1.76. The minimum Gasteiger partial charge on any atom is -0.380 e. The Labute approximate surface area is 68.1 Å². The molecule has 1 aliphatic carbocycles. The van der Waals surface area contributed by atoms with Crippen molar-refractivity contribution in [1.29, 1.82) is 0 Å². The molecule has 0 unspecified atom stereocenters. The van der Waals surface area contributed by atoms with Crippen molar-refractivity contribution in [3.05, 3.63) is 36.0 Å². The van der Waals surface area contributed by atoms with E-state index in [1.165, 1.54) is 5.57 Å². The number of allylic oxidation sites excluding steroid dienone is 3. The summed E-state index contributed by atoms with van der Waals surface area (Å²) < 4.78 is 5.04. The number of hydrogen-bond donors (Lipinski definition) is 0. The van der Waals surface area contributed by atoms with Gasteiger partial charge in [-0.25, -0.2) is 0 Å². The Morgan fingerprint density at radius 1 is 1.55 bits per heavy atom. The number of methoxy groups -OCH3 is 1. The third kappa shape index (κ3) is 2.35. The van der Waals surface area contributed by atoms with Crippen LogP contribution in [0.4, 0.5) is 0 Å². The van der Waals surface area contributed by atoms with E-state index in [0.29, 0.717) is 6.61 Å². The zero-order valence-corrected chi connectivity index (χ0v) is 6.97. The Kier molecular flexibility index (Phi) is 3.12. The van der Waals surface area contributed by atoms with E-state index in [9.17, 15) is 0 Å². The molecule has 0 heterocycles. The maximum Gasteiger partial charge on any atom is 0.0715 e. The van der Waals surface area contributed by atoms with Crippen LogP contribution in [0.1, 0.15) is 12.8 Å². The molecule has 0 aromatic carbocycles. The molecule has 0 saturated carbocycles. The van der Waals surface area contributed by atoms with Crippen molar-refractivity contribution in [2.45, 2.75) is 12.8 Å². The first-order chi connectivity index (χ1) is 5.34. The van der Waals surface area contributed by atoms with Gasteiger partial charge in [-0.1, -0.05) is 24.8 Å². The molecule has 0 spiro atoms. The van der Waals surface area contributed by atoms with Crippen LogP contribution in [-0.4, -0.2) is 13.7 Å². The second kappa shape index (κ2) is 4.14. The van der Waals surface area contributed by atoms with Gasteiger partial charge in [0.25, 0.3) is 0 Å². The first kappa shape index (κ1) is 8.28. The average Bonchev–Trinajstić information content (AvgIpc) is 2.18.